The molecule has 0 radical (unpaired) electrons. The zero-order valence-electron chi connectivity index (χ0n) is 9.47. The molecule has 5 nitrogen and oxygen atoms in total. The predicted molar refractivity (Wildman–Crippen MR) is 59.5 cm³/mol. The molecule has 1 N–H and O–H groups in total. The number of carboxylic acids is 1. The van der Waals surface area contributed by atoms with Gasteiger partial charge in [0.15, 0.2) is 0 Å². The van der Waals surface area contributed by atoms with E-state index in [1.54, 1.807) is 6.20 Å². The molecule has 0 bridgehead atoms. The molecule has 16 heavy (non-hydrogen) atoms. The highest BCUT2D eigenvalue weighted by Crippen LogP contribution is 2.24. The highest BCUT2D eigenvalue weighted by molar-refractivity contribution is 5.72. The maximum atomic E-state index is 10.9. The Morgan fingerprint density at radius 1 is 1.56 bits per heavy atom. The van der Waals surface area contributed by atoms with Crippen LogP contribution < -0.4 is 4.90 Å². The molecule has 5 heteroatoms. The van der Waals surface area contributed by atoms with E-state index in [-0.39, 0.29) is 5.92 Å². The summed E-state index contributed by atoms with van der Waals surface area (Å²) in [6.45, 7) is 5.07. The monoisotopic (exact) mass is 221 g/mol. The molecule has 1 aliphatic rings. The number of carbonyl (C=O) groups is 1. The molecule has 2 rings (SSSR count). The second kappa shape index (κ2) is 4.08. The number of aliphatic carboxylic acids is 1. The molecule has 1 fully saturated rings. The second-order valence-corrected chi connectivity index (χ2v) is 4.19. The van der Waals surface area contributed by atoms with Crippen molar-refractivity contribution in [2.24, 2.45) is 5.92 Å². The Labute approximate surface area is 94.1 Å². The van der Waals surface area contributed by atoms with Crippen molar-refractivity contribution >= 4 is 11.8 Å². The van der Waals surface area contributed by atoms with Crippen LogP contribution >= 0.6 is 0 Å². The van der Waals surface area contributed by atoms with Crippen molar-refractivity contribution in [3.05, 3.63) is 17.6 Å². The van der Waals surface area contributed by atoms with Crippen LogP contribution in [-0.4, -0.2) is 34.1 Å². The highest BCUT2D eigenvalue weighted by Gasteiger charge is 2.29. The first kappa shape index (κ1) is 10.9. The first-order valence-electron chi connectivity index (χ1n) is 5.36. The van der Waals surface area contributed by atoms with Gasteiger partial charge in [-0.2, -0.15) is 0 Å². The normalized spacial score (nSPS) is 20.1. The maximum Gasteiger partial charge on any atom is 0.308 e. The third-order valence-corrected chi connectivity index (χ3v) is 2.89. The van der Waals surface area contributed by atoms with Crippen LogP contribution in [-0.2, 0) is 4.79 Å². The minimum atomic E-state index is -0.722. The van der Waals surface area contributed by atoms with Gasteiger partial charge in [0.25, 0.3) is 0 Å². The lowest BCUT2D eigenvalue weighted by atomic mass is 10.1. The second-order valence-electron chi connectivity index (χ2n) is 4.19. The fraction of sp³-hybridized carbons (Fsp3) is 0.545. The van der Waals surface area contributed by atoms with E-state index in [1.165, 1.54) is 0 Å². The summed E-state index contributed by atoms with van der Waals surface area (Å²) in [6, 6.07) is 0. The number of nitrogens with zero attached hydrogens (tertiary/aromatic N) is 3. The summed E-state index contributed by atoms with van der Waals surface area (Å²) in [6.07, 6.45) is 2.41. The molecule has 1 atom stereocenters. The van der Waals surface area contributed by atoms with E-state index in [1.807, 2.05) is 18.7 Å². The lowest BCUT2D eigenvalue weighted by Crippen LogP contribution is -2.24. The number of hydrogen-bond acceptors (Lipinski definition) is 4. The Morgan fingerprint density at radius 2 is 2.31 bits per heavy atom. The molecular formula is C11H15N3O2. The van der Waals surface area contributed by atoms with E-state index in [0.29, 0.717) is 13.0 Å². The molecule has 0 aliphatic carbocycles. The summed E-state index contributed by atoms with van der Waals surface area (Å²) in [5.41, 5.74) is 1.72. The van der Waals surface area contributed by atoms with Gasteiger partial charge < -0.3 is 10.0 Å². The predicted octanol–water partition coefficient (Wildman–Crippen LogP) is 1.00. The molecule has 0 aromatic carbocycles. The maximum absolute atomic E-state index is 10.9. The molecule has 0 amide bonds. The lowest BCUT2D eigenvalue weighted by Gasteiger charge is -2.18. The van der Waals surface area contributed by atoms with Crippen LogP contribution in [0.25, 0.3) is 0 Å². The van der Waals surface area contributed by atoms with Crippen molar-refractivity contribution in [3.8, 4) is 0 Å². The summed E-state index contributed by atoms with van der Waals surface area (Å²) in [5, 5.41) is 8.94. The topological polar surface area (TPSA) is 66.3 Å². The summed E-state index contributed by atoms with van der Waals surface area (Å²) >= 11 is 0. The van der Waals surface area contributed by atoms with Crippen LogP contribution in [0.2, 0.25) is 0 Å². The van der Waals surface area contributed by atoms with E-state index in [9.17, 15) is 4.79 Å². The van der Waals surface area contributed by atoms with Crippen LogP contribution in [0.1, 0.15) is 17.8 Å². The van der Waals surface area contributed by atoms with Gasteiger partial charge in [0, 0.05) is 19.3 Å². The van der Waals surface area contributed by atoms with Gasteiger partial charge in [-0.1, -0.05) is 0 Å². The molecule has 1 aromatic heterocycles. The van der Waals surface area contributed by atoms with Gasteiger partial charge >= 0.3 is 5.97 Å². The Bertz CT molecular complexity index is 420. The number of carboxylic acid groups (broad SMARTS) is 1. The Morgan fingerprint density at radius 3 is 2.94 bits per heavy atom. The average Bonchev–Trinajstić information content (AvgIpc) is 2.70. The molecule has 2 heterocycles. The number of aromatic nitrogens is 2. The van der Waals surface area contributed by atoms with Gasteiger partial charge in [0.2, 0.25) is 0 Å². The third-order valence-electron chi connectivity index (χ3n) is 2.89. The minimum Gasteiger partial charge on any atom is -0.481 e. The van der Waals surface area contributed by atoms with Crippen molar-refractivity contribution in [1.82, 2.24) is 9.97 Å². The summed E-state index contributed by atoms with van der Waals surface area (Å²) < 4.78 is 0. The number of rotatable bonds is 2. The van der Waals surface area contributed by atoms with E-state index >= 15 is 0 Å². The Kier molecular flexibility index (Phi) is 2.77. The lowest BCUT2D eigenvalue weighted by molar-refractivity contribution is -0.140. The van der Waals surface area contributed by atoms with Crippen molar-refractivity contribution in [2.75, 3.05) is 18.0 Å². The minimum absolute atomic E-state index is 0.276. The van der Waals surface area contributed by atoms with Gasteiger partial charge in [-0.15, -0.1) is 0 Å². The first-order chi connectivity index (χ1) is 7.58. The van der Waals surface area contributed by atoms with Gasteiger partial charge in [0.1, 0.15) is 5.82 Å². The van der Waals surface area contributed by atoms with Crippen molar-refractivity contribution < 1.29 is 9.90 Å². The van der Waals surface area contributed by atoms with E-state index in [2.05, 4.69) is 9.97 Å². The summed E-state index contributed by atoms with van der Waals surface area (Å²) in [5.74, 6) is -0.175. The van der Waals surface area contributed by atoms with Crippen LogP contribution in [0.4, 0.5) is 5.82 Å². The van der Waals surface area contributed by atoms with Gasteiger partial charge in [0.05, 0.1) is 17.3 Å². The molecule has 1 aliphatic heterocycles. The largest absolute Gasteiger partial charge is 0.481 e. The molecule has 0 spiro atoms. The van der Waals surface area contributed by atoms with E-state index in [0.717, 1.165) is 23.8 Å². The fourth-order valence-corrected chi connectivity index (χ4v) is 1.98. The molecule has 86 valence electrons. The highest BCUT2D eigenvalue weighted by atomic mass is 16.4. The van der Waals surface area contributed by atoms with E-state index < -0.39 is 5.97 Å². The average molecular weight is 221 g/mol. The van der Waals surface area contributed by atoms with Crippen molar-refractivity contribution in [2.45, 2.75) is 20.3 Å². The molecular weight excluding hydrogens is 206 g/mol. The number of hydrogen-bond donors (Lipinski definition) is 1. The SMILES string of the molecule is Cc1cnc(C)c(N2CCC(C(=O)O)C2)n1. The zero-order chi connectivity index (χ0) is 11.7. The van der Waals surface area contributed by atoms with Crippen LogP contribution in [0.5, 0.6) is 0 Å². The zero-order valence-corrected chi connectivity index (χ0v) is 9.47. The quantitative estimate of drug-likeness (QED) is 0.807. The Balaban J connectivity index is 2.20. The van der Waals surface area contributed by atoms with Crippen LogP contribution in [0.15, 0.2) is 6.20 Å². The molecule has 1 aromatic rings. The Hall–Kier alpha value is -1.65. The summed E-state index contributed by atoms with van der Waals surface area (Å²) in [4.78, 5) is 21.5. The fourth-order valence-electron chi connectivity index (χ4n) is 1.98. The first-order valence-corrected chi connectivity index (χ1v) is 5.36. The smallest absolute Gasteiger partial charge is 0.308 e. The number of anilines is 1. The molecule has 1 unspecified atom stereocenters. The van der Waals surface area contributed by atoms with Gasteiger partial charge in [-0.05, 0) is 20.3 Å². The van der Waals surface area contributed by atoms with Crippen LogP contribution in [0, 0.1) is 19.8 Å². The van der Waals surface area contributed by atoms with Crippen molar-refractivity contribution in [3.63, 3.8) is 0 Å². The van der Waals surface area contributed by atoms with Gasteiger partial charge in [-0.3, -0.25) is 9.78 Å². The summed E-state index contributed by atoms with van der Waals surface area (Å²) in [7, 11) is 0. The molecule has 1 saturated heterocycles. The standard InChI is InChI=1S/C11H15N3O2/c1-7-5-12-8(2)10(13-7)14-4-3-9(6-14)11(15)16/h5,9H,3-4,6H2,1-2H3,(H,15,16). The number of aryl methyl sites for hydroxylation is 2. The van der Waals surface area contributed by atoms with Gasteiger partial charge in [-0.25, -0.2) is 4.98 Å². The molecule has 0 saturated carbocycles. The van der Waals surface area contributed by atoms with Crippen LogP contribution in [0.3, 0.4) is 0 Å². The van der Waals surface area contributed by atoms with Crippen molar-refractivity contribution in [1.29, 1.82) is 0 Å². The van der Waals surface area contributed by atoms with E-state index in [4.69, 9.17) is 5.11 Å². The third kappa shape index (κ3) is 1.98.